The van der Waals surface area contributed by atoms with Gasteiger partial charge in [0.2, 0.25) is 0 Å². The fourth-order valence-corrected chi connectivity index (χ4v) is 4.20. The minimum absolute atomic E-state index is 0.210. The van der Waals surface area contributed by atoms with E-state index in [2.05, 4.69) is 12.1 Å². The van der Waals surface area contributed by atoms with Crippen LogP contribution in [0.3, 0.4) is 0 Å². The molecule has 0 radical (unpaired) electrons. The smallest absolute Gasteiger partial charge is 0.340 e. The summed E-state index contributed by atoms with van der Waals surface area (Å²) in [6.07, 6.45) is 5.25. The molecule has 0 saturated carbocycles. The van der Waals surface area contributed by atoms with Crippen LogP contribution in [0.2, 0.25) is 0 Å². The summed E-state index contributed by atoms with van der Waals surface area (Å²) in [5.74, 6) is -1.39. The first-order valence-corrected chi connectivity index (χ1v) is 10.8. The van der Waals surface area contributed by atoms with E-state index in [1.807, 2.05) is 63.7 Å². The normalized spacial score (nSPS) is 11.2. The molecule has 0 fully saturated rings. The summed E-state index contributed by atoms with van der Waals surface area (Å²) >= 11 is 0. The number of carbonyl (C=O) groups excluding carboxylic acids is 1. The minimum atomic E-state index is -0.996. The van der Waals surface area contributed by atoms with Gasteiger partial charge in [-0.25, -0.2) is 9.59 Å². The van der Waals surface area contributed by atoms with Gasteiger partial charge < -0.3 is 18.6 Å². The molecule has 4 aromatic heterocycles. The highest BCUT2D eigenvalue weighted by Crippen LogP contribution is 2.30. The number of carboxylic acids is 1. The lowest BCUT2D eigenvalue weighted by molar-refractivity contribution is 0.0502. The van der Waals surface area contributed by atoms with E-state index in [-0.39, 0.29) is 5.56 Å². The number of rotatable bonds is 7. The second-order valence-corrected chi connectivity index (χ2v) is 7.83. The van der Waals surface area contributed by atoms with Crippen molar-refractivity contribution < 1.29 is 19.4 Å². The van der Waals surface area contributed by atoms with Gasteiger partial charge in [-0.05, 0) is 54.8 Å². The number of pyridine rings is 2. The van der Waals surface area contributed by atoms with Crippen molar-refractivity contribution in [1.29, 1.82) is 0 Å². The maximum absolute atomic E-state index is 13.0. The molecule has 33 heavy (non-hydrogen) atoms. The number of hydrogen-bond donors (Lipinski definition) is 1. The van der Waals surface area contributed by atoms with Crippen LogP contribution in [0.15, 0.2) is 91.3 Å². The number of nitrogens with zero attached hydrogens (tertiary/aromatic N) is 2. The summed E-state index contributed by atoms with van der Waals surface area (Å²) in [5, 5.41) is 9.66. The van der Waals surface area contributed by atoms with Crippen molar-refractivity contribution >= 4 is 23.0 Å². The van der Waals surface area contributed by atoms with Crippen LogP contribution < -0.4 is 0 Å². The van der Waals surface area contributed by atoms with E-state index < -0.39 is 11.9 Å². The number of aromatic nitrogens is 2. The van der Waals surface area contributed by atoms with E-state index in [1.54, 1.807) is 24.3 Å². The number of benzene rings is 1. The molecule has 0 unspecified atom stereocenters. The summed E-state index contributed by atoms with van der Waals surface area (Å²) in [6.45, 7) is 0.324. The zero-order chi connectivity index (χ0) is 22.8. The molecule has 5 rings (SSSR count). The lowest BCUT2D eigenvalue weighted by atomic mass is 10.1. The fraction of sp³-hybridized carbons (Fsp3) is 0.111. The number of ether oxygens (including phenoxy) is 1. The van der Waals surface area contributed by atoms with Gasteiger partial charge in [0.05, 0.1) is 40.2 Å². The van der Waals surface area contributed by atoms with Gasteiger partial charge >= 0.3 is 11.9 Å². The lowest BCUT2D eigenvalue weighted by Gasteiger charge is -2.05. The minimum Gasteiger partial charge on any atom is -0.478 e. The predicted octanol–water partition coefficient (Wildman–Crippen LogP) is 5.35. The van der Waals surface area contributed by atoms with Gasteiger partial charge in [0, 0.05) is 12.4 Å². The van der Waals surface area contributed by atoms with Gasteiger partial charge in [-0.3, -0.25) is 0 Å². The van der Waals surface area contributed by atoms with Crippen LogP contribution in [-0.2, 0) is 11.2 Å². The molecular formula is C27H22N2O4. The van der Waals surface area contributed by atoms with Gasteiger partial charge in [0.1, 0.15) is 0 Å². The first kappa shape index (κ1) is 20.6. The van der Waals surface area contributed by atoms with Crippen molar-refractivity contribution in [3.63, 3.8) is 0 Å². The molecule has 0 amide bonds. The Bertz CT molecular complexity index is 1460. The van der Waals surface area contributed by atoms with Gasteiger partial charge in [-0.15, -0.1) is 0 Å². The van der Waals surface area contributed by atoms with E-state index in [1.165, 1.54) is 5.56 Å². The Morgan fingerprint density at radius 1 is 0.758 bits per heavy atom. The van der Waals surface area contributed by atoms with Crippen molar-refractivity contribution in [2.24, 2.45) is 0 Å². The quantitative estimate of drug-likeness (QED) is 0.275. The zero-order valence-corrected chi connectivity index (χ0v) is 17.8. The molecule has 4 heterocycles. The van der Waals surface area contributed by atoms with Crippen LogP contribution in [0.4, 0.5) is 0 Å². The molecule has 5 aromatic rings. The number of carbonyl (C=O) groups is 2. The molecule has 0 saturated heterocycles. The maximum Gasteiger partial charge on any atom is 0.340 e. The Hall–Kier alpha value is -4.32. The standard InChI is InChI=1S/C27H22N2O4/c30-26(31)20-17-24(28-14-6-4-12-22(20)28)25-18-21(23-13-5-7-15-29(23)25)27(32)33-16-8-11-19-9-2-1-3-10-19/h1-7,9-10,12-15,17-18H,8,11,16H2,(H,30,31). The second kappa shape index (κ2) is 8.67. The van der Waals surface area contributed by atoms with E-state index in [0.717, 1.165) is 18.5 Å². The third-order valence-electron chi connectivity index (χ3n) is 5.75. The molecule has 0 aliphatic rings. The summed E-state index contributed by atoms with van der Waals surface area (Å²) in [7, 11) is 0. The van der Waals surface area contributed by atoms with Gasteiger partial charge in [-0.1, -0.05) is 42.5 Å². The SMILES string of the molecule is O=C(O)c1cc(-c2cc(C(=O)OCCCc3ccccc3)c3ccccn23)n2ccccc12. The number of fused-ring (bicyclic) bond motifs is 2. The molecule has 0 aliphatic heterocycles. The lowest BCUT2D eigenvalue weighted by Crippen LogP contribution is -2.06. The average Bonchev–Trinajstić information content (AvgIpc) is 3.41. The van der Waals surface area contributed by atoms with Crippen molar-refractivity contribution in [3.8, 4) is 11.4 Å². The molecule has 1 aromatic carbocycles. The molecule has 0 atom stereocenters. The molecule has 164 valence electrons. The highest BCUT2D eigenvalue weighted by molar-refractivity contribution is 6.01. The summed E-state index contributed by atoms with van der Waals surface area (Å²) in [5.41, 5.74) is 4.58. The number of aryl methyl sites for hydroxylation is 1. The van der Waals surface area contributed by atoms with Crippen molar-refractivity contribution in [3.05, 3.63) is 108 Å². The van der Waals surface area contributed by atoms with Crippen LogP contribution in [0, 0.1) is 0 Å². The van der Waals surface area contributed by atoms with Crippen LogP contribution in [-0.4, -0.2) is 32.5 Å². The monoisotopic (exact) mass is 438 g/mol. The Balaban J connectivity index is 1.46. The van der Waals surface area contributed by atoms with E-state index in [4.69, 9.17) is 4.74 Å². The highest BCUT2D eigenvalue weighted by atomic mass is 16.5. The first-order valence-electron chi connectivity index (χ1n) is 10.8. The van der Waals surface area contributed by atoms with E-state index in [9.17, 15) is 14.7 Å². The molecule has 6 nitrogen and oxygen atoms in total. The fourth-order valence-electron chi connectivity index (χ4n) is 4.20. The first-order chi connectivity index (χ1) is 16.1. The molecular weight excluding hydrogens is 416 g/mol. The molecule has 6 heteroatoms. The van der Waals surface area contributed by atoms with Crippen molar-refractivity contribution in [2.45, 2.75) is 12.8 Å². The van der Waals surface area contributed by atoms with Crippen LogP contribution >= 0.6 is 0 Å². The van der Waals surface area contributed by atoms with Gasteiger partial charge in [-0.2, -0.15) is 0 Å². The van der Waals surface area contributed by atoms with E-state index in [0.29, 0.717) is 28.9 Å². The number of esters is 1. The average molecular weight is 438 g/mol. The molecule has 0 spiro atoms. The van der Waals surface area contributed by atoms with Crippen LogP contribution in [0.5, 0.6) is 0 Å². The van der Waals surface area contributed by atoms with Crippen molar-refractivity contribution in [1.82, 2.24) is 8.80 Å². The largest absolute Gasteiger partial charge is 0.478 e. The predicted molar refractivity (Wildman–Crippen MR) is 126 cm³/mol. The number of aromatic carboxylic acids is 1. The van der Waals surface area contributed by atoms with E-state index >= 15 is 0 Å². The highest BCUT2D eigenvalue weighted by Gasteiger charge is 2.21. The molecule has 0 bridgehead atoms. The number of carboxylic acid groups (broad SMARTS) is 1. The number of hydrogen-bond acceptors (Lipinski definition) is 3. The van der Waals surface area contributed by atoms with Gasteiger partial charge in [0.25, 0.3) is 0 Å². The summed E-state index contributed by atoms with van der Waals surface area (Å²) in [4.78, 5) is 24.7. The van der Waals surface area contributed by atoms with Crippen molar-refractivity contribution in [2.75, 3.05) is 6.61 Å². The van der Waals surface area contributed by atoms with Crippen LogP contribution in [0.1, 0.15) is 32.7 Å². The topological polar surface area (TPSA) is 72.4 Å². The Morgan fingerprint density at radius 3 is 1.97 bits per heavy atom. The third-order valence-corrected chi connectivity index (χ3v) is 5.75. The zero-order valence-electron chi connectivity index (χ0n) is 17.8. The third kappa shape index (κ3) is 3.87. The summed E-state index contributed by atoms with van der Waals surface area (Å²) in [6, 6.07) is 24.5. The van der Waals surface area contributed by atoms with Gasteiger partial charge in [0.15, 0.2) is 0 Å². The van der Waals surface area contributed by atoms with Crippen LogP contribution in [0.25, 0.3) is 22.4 Å². The summed E-state index contributed by atoms with van der Waals surface area (Å²) < 4.78 is 9.30. The Labute approximate surface area is 190 Å². The molecule has 0 aliphatic carbocycles. The molecule has 1 N–H and O–H groups in total. The second-order valence-electron chi connectivity index (χ2n) is 7.83. The maximum atomic E-state index is 13.0. The Morgan fingerprint density at radius 2 is 1.33 bits per heavy atom. The Kier molecular flexibility index (Phi) is 5.40.